The summed E-state index contributed by atoms with van der Waals surface area (Å²) in [5, 5.41) is 11.7. The quantitative estimate of drug-likeness (QED) is 0.715. The molecule has 0 aliphatic rings. The smallest absolute Gasteiger partial charge is 0.408 e. The third kappa shape index (κ3) is 6.08. The maximum atomic E-state index is 11.8. The first-order valence-electron chi connectivity index (χ1n) is 6.67. The van der Waals surface area contributed by atoms with Crippen molar-refractivity contribution >= 4 is 34.7 Å². The van der Waals surface area contributed by atoms with Crippen molar-refractivity contribution in [2.45, 2.75) is 38.8 Å². The van der Waals surface area contributed by atoms with Gasteiger partial charge in [-0.3, -0.25) is 0 Å². The molecule has 0 heterocycles. The molecule has 7 heteroatoms. The van der Waals surface area contributed by atoms with E-state index in [9.17, 15) is 14.7 Å². The number of carbonyl (C=O) groups excluding carboxylic acids is 1. The van der Waals surface area contributed by atoms with Crippen molar-refractivity contribution in [2.75, 3.05) is 7.11 Å². The molecule has 0 bridgehead atoms. The van der Waals surface area contributed by atoms with Crippen LogP contribution in [0.4, 0.5) is 4.79 Å². The summed E-state index contributed by atoms with van der Waals surface area (Å²) in [4.78, 5) is 23.1. The predicted molar refractivity (Wildman–Crippen MR) is 90.2 cm³/mol. The van der Waals surface area contributed by atoms with E-state index in [4.69, 9.17) is 9.47 Å². The predicted octanol–water partition coefficient (Wildman–Crippen LogP) is 2.82. The Morgan fingerprint density at radius 1 is 1.36 bits per heavy atom. The minimum atomic E-state index is -1.13. The highest BCUT2D eigenvalue weighted by molar-refractivity contribution is 14.1. The van der Waals surface area contributed by atoms with E-state index in [0.29, 0.717) is 11.3 Å². The van der Waals surface area contributed by atoms with Gasteiger partial charge in [0.2, 0.25) is 0 Å². The Bertz CT molecular complexity index is 553. The number of hydrogen-bond acceptors (Lipinski definition) is 4. The summed E-state index contributed by atoms with van der Waals surface area (Å²) in [5.41, 5.74) is 0.0188. The van der Waals surface area contributed by atoms with E-state index >= 15 is 0 Å². The van der Waals surface area contributed by atoms with Gasteiger partial charge in [0.05, 0.1) is 7.11 Å². The Kier molecular flexibility index (Phi) is 6.46. The average Bonchev–Trinajstić information content (AvgIpc) is 2.35. The number of alkyl carbamates (subject to hydrolysis) is 1. The van der Waals surface area contributed by atoms with Crippen molar-refractivity contribution in [1.29, 1.82) is 0 Å². The van der Waals surface area contributed by atoms with Gasteiger partial charge in [-0.1, -0.05) is 0 Å². The molecule has 1 atom stereocenters. The van der Waals surface area contributed by atoms with Crippen molar-refractivity contribution in [3.05, 3.63) is 27.3 Å². The summed E-state index contributed by atoms with van der Waals surface area (Å²) in [5.74, 6) is -0.551. The highest BCUT2D eigenvalue weighted by atomic mass is 127. The van der Waals surface area contributed by atoms with Crippen LogP contribution >= 0.6 is 22.6 Å². The molecule has 0 aliphatic heterocycles. The van der Waals surface area contributed by atoms with Gasteiger partial charge in [-0.25, -0.2) is 9.59 Å². The van der Waals surface area contributed by atoms with Crippen LogP contribution in [0.3, 0.4) is 0 Å². The lowest BCUT2D eigenvalue weighted by atomic mass is 10.1. The molecular formula is C15H20INO5. The number of carboxylic acid groups (broad SMARTS) is 1. The maximum absolute atomic E-state index is 11.8. The Hall–Kier alpha value is -1.51. The summed E-state index contributed by atoms with van der Waals surface area (Å²) in [6.07, 6.45) is -0.654. The number of rotatable bonds is 5. The number of methoxy groups -OCH3 is 1. The second-order valence-electron chi connectivity index (χ2n) is 5.70. The minimum Gasteiger partial charge on any atom is -0.496 e. The number of hydrogen-bond donors (Lipinski definition) is 2. The maximum Gasteiger partial charge on any atom is 0.408 e. The van der Waals surface area contributed by atoms with Crippen molar-refractivity contribution in [3.63, 3.8) is 0 Å². The fourth-order valence-electron chi connectivity index (χ4n) is 1.78. The first-order chi connectivity index (χ1) is 10.1. The first kappa shape index (κ1) is 18.5. The molecule has 0 unspecified atom stereocenters. The monoisotopic (exact) mass is 421 g/mol. The number of aliphatic carboxylic acids is 1. The van der Waals surface area contributed by atoms with Gasteiger partial charge in [0.1, 0.15) is 17.4 Å². The molecule has 0 spiro atoms. The van der Waals surface area contributed by atoms with E-state index in [1.807, 2.05) is 12.1 Å². The zero-order valence-electron chi connectivity index (χ0n) is 13.0. The fraction of sp³-hybridized carbons (Fsp3) is 0.467. The molecule has 22 heavy (non-hydrogen) atoms. The molecule has 0 aliphatic carbocycles. The molecule has 6 nitrogen and oxygen atoms in total. The zero-order chi connectivity index (χ0) is 16.9. The van der Waals surface area contributed by atoms with Crippen molar-refractivity contribution < 1.29 is 24.2 Å². The van der Waals surface area contributed by atoms with Gasteiger partial charge in [-0.15, -0.1) is 0 Å². The number of nitrogens with one attached hydrogen (secondary N) is 1. The van der Waals surface area contributed by atoms with E-state index in [-0.39, 0.29) is 6.42 Å². The van der Waals surface area contributed by atoms with Crippen LogP contribution in [0.1, 0.15) is 26.3 Å². The Labute approximate surface area is 143 Å². The van der Waals surface area contributed by atoms with Crippen molar-refractivity contribution in [1.82, 2.24) is 5.32 Å². The van der Waals surface area contributed by atoms with Gasteiger partial charge in [0, 0.05) is 9.99 Å². The van der Waals surface area contributed by atoms with Crippen LogP contribution in [0.15, 0.2) is 18.2 Å². The van der Waals surface area contributed by atoms with Gasteiger partial charge >= 0.3 is 12.1 Å². The highest BCUT2D eigenvalue weighted by Gasteiger charge is 2.25. The van der Waals surface area contributed by atoms with E-state index in [0.717, 1.165) is 3.57 Å². The van der Waals surface area contributed by atoms with Gasteiger partial charge in [-0.05, 0) is 67.1 Å². The summed E-state index contributed by atoms with van der Waals surface area (Å²) in [7, 11) is 1.52. The van der Waals surface area contributed by atoms with Crippen molar-refractivity contribution in [2.24, 2.45) is 0 Å². The van der Waals surface area contributed by atoms with Crippen LogP contribution < -0.4 is 10.1 Å². The summed E-state index contributed by atoms with van der Waals surface area (Å²) in [6.45, 7) is 5.14. The van der Waals surface area contributed by atoms with E-state index in [1.54, 1.807) is 26.8 Å². The molecule has 1 rings (SSSR count). The van der Waals surface area contributed by atoms with E-state index in [2.05, 4.69) is 27.9 Å². The molecule has 0 radical (unpaired) electrons. The average molecular weight is 421 g/mol. The molecule has 0 aromatic heterocycles. The van der Waals surface area contributed by atoms with Gasteiger partial charge in [-0.2, -0.15) is 0 Å². The molecule has 122 valence electrons. The third-order valence-corrected chi connectivity index (χ3v) is 3.33. The van der Waals surface area contributed by atoms with Crippen LogP contribution in [0, 0.1) is 3.57 Å². The van der Waals surface area contributed by atoms with Crippen LogP contribution in [-0.2, 0) is 16.0 Å². The van der Waals surface area contributed by atoms with Crippen LogP contribution in [0.5, 0.6) is 5.75 Å². The standard InChI is InChI=1S/C15H20INO5/c1-15(2,3)22-14(20)17-11(13(18)19)8-9-7-10(16)5-6-12(9)21-4/h5-7,11H,8H2,1-4H3,(H,17,20)(H,18,19)/t11-/m0/s1. The summed E-state index contributed by atoms with van der Waals surface area (Å²) >= 11 is 2.13. The number of ether oxygens (including phenoxy) is 2. The molecule has 1 aromatic rings. The lowest BCUT2D eigenvalue weighted by Crippen LogP contribution is -2.44. The minimum absolute atomic E-state index is 0.106. The second-order valence-corrected chi connectivity index (χ2v) is 6.94. The molecule has 1 amide bonds. The molecular weight excluding hydrogens is 401 g/mol. The normalized spacial score (nSPS) is 12.4. The molecule has 0 fully saturated rings. The summed E-state index contributed by atoms with van der Waals surface area (Å²) < 4.78 is 11.3. The number of carboxylic acids is 1. The zero-order valence-corrected chi connectivity index (χ0v) is 15.1. The fourth-order valence-corrected chi connectivity index (χ4v) is 2.33. The number of amides is 1. The number of benzene rings is 1. The molecule has 1 aromatic carbocycles. The molecule has 2 N–H and O–H groups in total. The topological polar surface area (TPSA) is 84.9 Å². The van der Waals surface area contributed by atoms with Crippen LogP contribution in [0.25, 0.3) is 0 Å². The molecule has 0 saturated carbocycles. The number of halogens is 1. The third-order valence-electron chi connectivity index (χ3n) is 2.66. The van der Waals surface area contributed by atoms with E-state index in [1.165, 1.54) is 7.11 Å². The first-order valence-corrected chi connectivity index (χ1v) is 7.75. The molecule has 0 saturated heterocycles. The number of carbonyl (C=O) groups is 2. The SMILES string of the molecule is COc1ccc(I)cc1C[C@H](NC(=O)OC(C)(C)C)C(=O)O. The van der Waals surface area contributed by atoms with Gasteiger partial charge < -0.3 is 19.9 Å². The highest BCUT2D eigenvalue weighted by Crippen LogP contribution is 2.22. The largest absolute Gasteiger partial charge is 0.496 e. The van der Waals surface area contributed by atoms with Crippen molar-refractivity contribution in [3.8, 4) is 5.75 Å². The summed E-state index contributed by atoms with van der Waals surface area (Å²) in [6, 6.07) is 4.36. The van der Waals surface area contributed by atoms with Crippen LogP contribution in [0.2, 0.25) is 0 Å². The van der Waals surface area contributed by atoms with Gasteiger partial charge in [0.25, 0.3) is 0 Å². The van der Waals surface area contributed by atoms with Gasteiger partial charge in [0.15, 0.2) is 0 Å². The lowest BCUT2D eigenvalue weighted by Gasteiger charge is -2.22. The lowest BCUT2D eigenvalue weighted by molar-refractivity contribution is -0.139. The second kappa shape index (κ2) is 7.66. The van der Waals surface area contributed by atoms with E-state index < -0.39 is 23.7 Å². The Balaban J connectivity index is 2.87. The Morgan fingerprint density at radius 3 is 2.50 bits per heavy atom. The Morgan fingerprint density at radius 2 is 2.00 bits per heavy atom. The van der Waals surface area contributed by atoms with Crippen LogP contribution in [-0.4, -0.2) is 35.9 Å².